The van der Waals surface area contributed by atoms with Crippen molar-refractivity contribution in [3.05, 3.63) is 35.9 Å². The lowest BCUT2D eigenvalue weighted by Gasteiger charge is -2.13. The van der Waals surface area contributed by atoms with Gasteiger partial charge in [-0.15, -0.1) is 5.92 Å². The summed E-state index contributed by atoms with van der Waals surface area (Å²) in [5.74, 6) is 6.31. The van der Waals surface area contributed by atoms with Crippen LogP contribution >= 0.6 is 0 Å². The Balaban J connectivity index is 2.60. The zero-order valence-electron chi connectivity index (χ0n) is 13.0. The van der Waals surface area contributed by atoms with Gasteiger partial charge in [0, 0.05) is 6.42 Å². The second-order valence-electron chi connectivity index (χ2n) is 4.84. The topological polar surface area (TPSA) is 38.3 Å². The van der Waals surface area contributed by atoms with Crippen molar-refractivity contribution in [3.8, 4) is 11.8 Å². The van der Waals surface area contributed by atoms with E-state index in [9.17, 15) is 4.79 Å². The number of hydrogen-bond acceptors (Lipinski definition) is 2. The van der Waals surface area contributed by atoms with Crippen molar-refractivity contribution in [1.82, 2.24) is 5.32 Å². The molecule has 1 atom stereocenters. The van der Waals surface area contributed by atoms with Gasteiger partial charge >= 0.3 is 6.09 Å². The number of nitrogens with one attached hydrogen (secondary N) is 1. The zero-order chi connectivity index (χ0) is 15.3. The van der Waals surface area contributed by atoms with Crippen LogP contribution in [0.4, 0.5) is 4.79 Å². The molecule has 21 heavy (non-hydrogen) atoms. The van der Waals surface area contributed by atoms with E-state index in [0.717, 1.165) is 18.4 Å². The molecule has 1 amide bonds. The first-order chi connectivity index (χ1) is 10.3. The Bertz CT molecular complexity index is 459. The van der Waals surface area contributed by atoms with Gasteiger partial charge in [-0.3, -0.25) is 0 Å². The second-order valence-corrected chi connectivity index (χ2v) is 4.84. The van der Waals surface area contributed by atoms with Crippen LogP contribution in [0.3, 0.4) is 0 Å². The number of carbonyl (C=O) groups is 1. The third-order valence-electron chi connectivity index (χ3n) is 3.07. The summed E-state index contributed by atoms with van der Waals surface area (Å²) in [6.07, 6.45) is 5.25. The molecule has 0 aliphatic rings. The lowest BCUT2D eigenvalue weighted by Crippen LogP contribution is -2.28. The Kier molecular flexibility index (Phi) is 8.79. The van der Waals surface area contributed by atoms with Gasteiger partial charge < -0.3 is 10.1 Å². The van der Waals surface area contributed by atoms with Crippen LogP contribution in [-0.4, -0.2) is 12.7 Å². The van der Waals surface area contributed by atoms with Gasteiger partial charge in [-0.05, 0) is 18.9 Å². The van der Waals surface area contributed by atoms with Gasteiger partial charge in [-0.1, -0.05) is 62.4 Å². The van der Waals surface area contributed by atoms with Crippen molar-refractivity contribution in [1.29, 1.82) is 0 Å². The quantitative estimate of drug-likeness (QED) is 0.594. The molecule has 0 saturated heterocycles. The molecule has 0 bridgehead atoms. The molecule has 0 aliphatic heterocycles. The van der Waals surface area contributed by atoms with Gasteiger partial charge in [-0.2, -0.15) is 0 Å². The summed E-state index contributed by atoms with van der Waals surface area (Å²) < 4.78 is 4.94. The average molecular weight is 287 g/mol. The number of benzene rings is 1. The Morgan fingerprint density at radius 1 is 1.19 bits per heavy atom. The Morgan fingerprint density at radius 3 is 2.62 bits per heavy atom. The Labute approximate surface area is 128 Å². The lowest BCUT2D eigenvalue weighted by atomic mass is 10.1. The first kappa shape index (κ1) is 17.1. The minimum absolute atomic E-state index is 0.309. The number of unbranched alkanes of at least 4 members (excludes halogenated alkanes) is 4. The highest BCUT2D eigenvalue weighted by molar-refractivity contribution is 5.68. The number of carbonyl (C=O) groups excluding carboxylic acids is 1. The smallest absolute Gasteiger partial charge is 0.408 e. The summed E-state index contributed by atoms with van der Waals surface area (Å²) in [4.78, 5) is 11.6. The largest absolute Gasteiger partial charge is 0.450 e. The van der Waals surface area contributed by atoms with Crippen LogP contribution in [0, 0.1) is 11.8 Å². The lowest BCUT2D eigenvalue weighted by molar-refractivity contribution is 0.150. The maximum absolute atomic E-state index is 11.6. The predicted octanol–water partition coefficient (Wildman–Crippen LogP) is 4.45. The van der Waals surface area contributed by atoms with Crippen LogP contribution in [0.25, 0.3) is 0 Å². The monoisotopic (exact) mass is 287 g/mol. The van der Waals surface area contributed by atoms with Gasteiger partial charge in [0.2, 0.25) is 0 Å². The summed E-state index contributed by atoms with van der Waals surface area (Å²) in [7, 11) is 0. The van der Waals surface area contributed by atoms with Crippen LogP contribution in [0.5, 0.6) is 0 Å². The van der Waals surface area contributed by atoms with Crippen LogP contribution in [0.2, 0.25) is 0 Å². The van der Waals surface area contributed by atoms with Gasteiger partial charge in [0.15, 0.2) is 0 Å². The summed E-state index contributed by atoms with van der Waals surface area (Å²) in [5.41, 5.74) is 0.978. The predicted molar refractivity (Wildman–Crippen MR) is 85.9 cm³/mol. The van der Waals surface area contributed by atoms with Crippen LogP contribution in [0.15, 0.2) is 30.3 Å². The number of alkyl carbamates (subject to hydrolysis) is 1. The SMILES string of the molecule is CCCCCCC#CC(NC(=O)OCC)c1ccccc1. The molecular weight excluding hydrogens is 262 g/mol. The highest BCUT2D eigenvalue weighted by atomic mass is 16.5. The molecule has 0 radical (unpaired) electrons. The van der Waals surface area contributed by atoms with E-state index in [1.165, 1.54) is 19.3 Å². The van der Waals surface area contributed by atoms with Crippen molar-refractivity contribution in [2.45, 2.75) is 52.0 Å². The molecule has 0 heterocycles. The van der Waals surface area contributed by atoms with E-state index in [4.69, 9.17) is 4.74 Å². The Hall–Kier alpha value is -1.95. The van der Waals surface area contributed by atoms with E-state index in [0.29, 0.717) is 6.61 Å². The molecule has 1 unspecified atom stereocenters. The minimum Gasteiger partial charge on any atom is -0.450 e. The summed E-state index contributed by atoms with van der Waals surface area (Å²) in [6.45, 7) is 4.34. The van der Waals surface area contributed by atoms with Crippen LogP contribution < -0.4 is 5.32 Å². The van der Waals surface area contributed by atoms with E-state index >= 15 is 0 Å². The summed E-state index contributed by atoms with van der Waals surface area (Å²) in [5, 5.41) is 2.80. The second kappa shape index (κ2) is 10.8. The molecule has 0 fully saturated rings. The normalized spacial score (nSPS) is 11.1. The molecular formula is C18H25NO2. The third kappa shape index (κ3) is 7.41. The van der Waals surface area contributed by atoms with E-state index in [1.807, 2.05) is 30.3 Å². The number of ether oxygens (including phenoxy) is 1. The molecule has 0 spiro atoms. The molecule has 0 saturated carbocycles. The molecule has 1 aromatic carbocycles. The molecule has 1 aromatic rings. The van der Waals surface area contributed by atoms with Crippen LogP contribution in [-0.2, 0) is 4.74 Å². The highest BCUT2D eigenvalue weighted by Gasteiger charge is 2.11. The first-order valence-corrected chi connectivity index (χ1v) is 7.74. The molecule has 1 N–H and O–H groups in total. The average Bonchev–Trinajstić information content (AvgIpc) is 2.50. The standard InChI is InChI=1S/C18H25NO2/c1-3-5-6-7-8-12-15-17(19-18(20)21-4-2)16-13-10-9-11-14-16/h9-11,13-14,17H,3-8H2,1-2H3,(H,19,20). The van der Waals surface area contributed by atoms with E-state index in [2.05, 4.69) is 24.1 Å². The molecule has 0 aromatic heterocycles. The number of rotatable bonds is 7. The van der Waals surface area contributed by atoms with Gasteiger partial charge in [-0.25, -0.2) is 4.79 Å². The van der Waals surface area contributed by atoms with Crippen molar-refractivity contribution in [3.63, 3.8) is 0 Å². The Morgan fingerprint density at radius 2 is 1.95 bits per heavy atom. The molecule has 3 nitrogen and oxygen atoms in total. The number of hydrogen-bond donors (Lipinski definition) is 1. The van der Waals surface area contributed by atoms with Crippen molar-refractivity contribution in [2.75, 3.05) is 6.61 Å². The molecule has 3 heteroatoms. The third-order valence-corrected chi connectivity index (χ3v) is 3.07. The molecule has 0 aliphatic carbocycles. The van der Waals surface area contributed by atoms with Crippen molar-refractivity contribution >= 4 is 6.09 Å². The number of amides is 1. The van der Waals surface area contributed by atoms with E-state index in [-0.39, 0.29) is 6.04 Å². The van der Waals surface area contributed by atoms with E-state index in [1.54, 1.807) is 6.92 Å². The van der Waals surface area contributed by atoms with Crippen molar-refractivity contribution < 1.29 is 9.53 Å². The molecule has 114 valence electrons. The van der Waals surface area contributed by atoms with Crippen LogP contribution in [0.1, 0.15) is 57.6 Å². The van der Waals surface area contributed by atoms with Crippen molar-refractivity contribution in [2.24, 2.45) is 0 Å². The fourth-order valence-electron chi connectivity index (χ4n) is 1.95. The van der Waals surface area contributed by atoms with E-state index < -0.39 is 6.09 Å². The first-order valence-electron chi connectivity index (χ1n) is 7.74. The van der Waals surface area contributed by atoms with Gasteiger partial charge in [0.25, 0.3) is 0 Å². The maximum Gasteiger partial charge on any atom is 0.408 e. The van der Waals surface area contributed by atoms with Gasteiger partial charge in [0.1, 0.15) is 6.04 Å². The maximum atomic E-state index is 11.6. The summed E-state index contributed by atoms with van der Waals surface area (Å²) in [6, 6.07) is 9.45. The fourth-order valence-corrected chi connectivity index (χ4v) is 1.95. The molecule has 1 rings (SSSR count). The summed E-state index contributed by atoms with van der Waals surface area (Å²) >= 11 is 0. The minimum atomic E-state index is -0.424. The zero-order valence-corrected chi connectivity index (χ0v) is 13.0. The fraction of sp³-hybridized carbons (Fsp3) is 0.500. The van der Waals surface area contributed by atoms with Gasteiger partial charge in [0.05, 0.1) is 6.61 Å². The highest BCUT2D eigenvalue weighted by Crippen LogP contribution is 2.12.